The minimum Gasteiger partial charge on any atom is -0.264 e. The maximum Gasteiger partial charge on any atom is 0.456 e. The fourth-order valence-corrected chi connectivity index (χ4v) is 3.84. The molecule has 1 heterocycles. The number of fused-ring (bicyclic) bond motifs is 1. The predicted molar refractivity (Wildman–Crippen MR) is 102 cm³/mol. The van der Waals surface area contributed by atoms with E-state index in [0.717, 1.165) is 5.06 Å². The molecule has 0 unspecified atom stereocenters. The van der Waals surface area contributed by atoms with Crippen LogP contribution in [0, 0.1) is 10.1 Å². The number of para-hydroxylation sites is 1. The number of nitro groups is 1. The lowest BCUT2D eigenvalue weighted by Crippen LogP contribution is -2.53. The molecule has 0 radical (unpaired) electrons. The summed E-state index contributed by atoms with van der Waals surface area (Å²) in [4.78, 5) is 15.8. The number of hydroxylamine groups is 1. The molecule has 3 aromatic rings. The molecule has 1 fully saturated rings. The molecule has 1 aliphatic heterocycles. The van der Waals surface area contributed by atoms with Crippen molar-refractivity contribution in [2.45, 2.75) is 30.3 Å². The number of anilines is 1. The van der Waals surface area contributed by atoms with Gasteiger partial charge in [0, 0.05) is 4.92 Å². The van der Waals surface area contributed by atoms with Gasteiger partial charge in [-0.25, -0.2) is 5.06 Å². The summed E-state index contributed by atoms with van der Waals surface area (Å²) in [6.45, 7) is 0. The molecule has 0 aliphatic carbocycles. The van der Waals surface area contributed by atoms with Crippen LogP contribution in [0.4, 0.5) is 27.6 Å². The van der Waals surface area contributed by atoms with Gasteiger partial charge in [0.1, 0.15) is 0 Å². The summed E-state index contributed by atoms with van der Waals surface area (Å²) in [5.41, 5.74) is 0.330. The zero-order chi connectivity index (χ0) is 22.4. The molecular weight excluding hydrogens is 423 g/mol. The SMILES string of the molecule is O=[N+]([O-])[C@@H]1[C@@H](c2cccc3ccccc23)N(c2ccccc2)O[C@H]1C(F)(F)C(F)(F)F. The lowest BCUT2D eigenvalue weighted by atomic mass is 9.90. The third-order valence-electron chi connectivity index (χ3n) is 5.24. The van der Waals surface area contributed by atoms with Gasteiger partial charge in [0.25, 0.3) is 6.04 Å². The van der Waals surface area contributed by atoms with Gasteiger partial charge in [0.2, 0.25) is 6.10 Å². The number of hydrogen-bond acceptors (Lipinski definition) is 4. The van der Waals surface area contributed by atoms with Gasteiger partial charge in [-0.3, -0.25) is 15.0 Å². The van der Waals surface area contributed by atoms with Crippen molar-refractivity contribution in [1.82, 2.24) is 0 Å². The molecule has 10 heteroatoms. The Hall–Kier alpha value is -3.27. The van der Waals surface area contributed by atoms with Crippen molar-refractivity contribution in [1.29, 1.82) is 0 Å². The summed E-state index contributed by atoms with van der Waals surface area (Å²) in [5.74, 6) is -5.45. The minimum atomic E-state index is -6.03. The van der Waals surface area contributed by atoms with Crippen LogP contribution in [0.1, 0.15) is 11.6 Å². The van der Waals surface area contributed by atoms with Crippen LogP contribution in [-0.4, -0.2) is 29.2 Å². The minimum absolute atomic E-state index is 0.118. The fourth-order valence-electron chi connectivity index (χ4n) is 3.84. The highest BCUT2D eigenvalue weighted by Crippen LogP contribution is 2.50. The first kappa shape index (κ1) is 21.0. The van der Waals surface area contributed by atoms with Gasteiger partial charge in [0.15, 0.2) is 6.04 Å². The Balaban J connectivity index is 1.95. The smallest absolute Gasteiger partial charge is 0.264 e. The average molecular weight is 438 g/mol. The van der Waals surface area contributed by atoms with Gasteiger partial charge in [-0.15, -0.1) is 0 Å². The fraction of sp³-hybridized carbons (Fsp3) is 0.238. The predicted octanol–water partition coefficient (Wildman–Crippen LogP) is 5.54. The number of rotatable bonds is 4. The maximum absolute atomic E-state index is 14.4. The Morgan fingerprint density at radius 3 is 2.13 bits per heavy atom. The summed E-state index contributed by atoms with van der Waals surface area (Å²) < 4.78 is 68.2. The van der Waals surface area contributed by atoms with Crippen LogP contribution in [0.3, 0.4) is 0 Å². The van der Waals surface area contributed by atoms with Crippen molar-refractivity contribution in [2.24, 2.45) is 0 Å². The van der Waals surface area contributed by atoms with Gasteiger partial charge >= 0.3 is 12.1 Å². The zero-order valence-electron chi connectivity index (χ0n) is 15.7. The monoisotopic (exact) mass is 438 g/mol. The van der Waals surface area contributed by atoms with Gasteiger partial charge in [0.05, 0.1) is 5.69 Å². The van der Waals surface area contributed by atoms with Crippen LogP contribution in [0.5, 0.6) is 0 Å². The van der Waals surface area contributed by atoms with E-state index >= 15 is 0 Å². The number of benzene rings is 3. The molecule has 0 N–H and O–H groups in total. The van der Waals surface area contributed by atoms with Crippen molar-refractivity contribution in [3.8, 4) is 0 Å². The molecule has 3 aromatic carbocycles. The molecule has 0 spiro atoms. The van der Waals surface area contributed by atoms with Crippen LogP contribution in [0.15, 0.2) is 72.8 Å². The van der Waals surface area contributed by atoms with Gasteiger partial charge in [-0.1, -0.05) is 60.7 Å². The molecule has 1 aliphatic rings. The van der Waals surface area contributed by atoms with Gasteiger partial charge < -0.3 is 0 Å². The Morgan fingerprint density at radius 2 is 1.48 bits per heavy atom. The average Bonchev–Trinajstić information content (AvgIpc) is 3.14. The zero-order valence-corrected chi connectivity index (χ0v) is 15.7. The molecule has 0 amide bonds. The third-order valence-corrected chi connectivity index (χ3v) is 5.24. The Bertz CT molecular complexity index is 1100. The van der Waals surface area contributed by atoms with E-state index in [1.54, 1.807) is 42.5 Å². The van der Waals surface area contributed by atoms with Gasteiger partial charge in [-0.2, -0.15) is 22.0 Å². The van der Waals surface area contributed by atoms with E-state index in [0.29, 0.717) is 10.8 Å². The van der Waals surface area contributed by atoms with Crippen LogP contribution < -0.4 is 5.06 Å². The van der Waals surface area contributed by atoms with Crippen molar-refractivity contribution < 1.29 is 31.7 Å². The maximum atomic E-state index is 14.4. The normalized spacial score (nSPS) is 22.1. The van der Waals surface area contributed by atoms with Crippen LogP contribution in [0.2, 0.25) is 0 Å². The standard InChI is InChI=1S/C21H15F5N2O3/c22-20(23,21(24,25)26)19-18(28(29)30)17(27(31-19)14-9-2-1-3-10-14)16-12-6-8-13-7-4-5-11-15(13)16/h1-12,17-19H/t17-,18-,19-/m1/s1. The highest BCUT2D eigenvalue weighted by molar-refractivity contribution is 5.86. The van der Waals surface area contributed by atoms with Crippen LogP contribution in [0.25, 0.3) is 10.8 Å². The largest absolute Gasteiger partial charge is 0.456 e. The van der Waals surface area contributed by atoms with Crippen LogP contribution >= 0.6 is 0 Å². The molecule has 162 valence electrons. The molecule has 5 nitrogen and oxygen atoms in total. The Labute approximate surface area is 172 Å². The Morgan fingerprint density at radius 1 is 0.871 bits per heavy atom. The van der Waals surface area contributed by atoms with E-state index in [1.807, 2.05) is 0 Å². The molecular formula is C21H15F5N2O3. The molecule has 1 saturated heterocycles. The lowest BCUT2D eigenvalue weighted by molar-refractivity contribution is -0.539. The molecule has 31 heavy (non-hydrogen) atoms. The van der Waals surface area contributed by atoms with Crippen molar-refractivity contribution in [2.75, 3.05) is 5.06 Å². The number of halogens is 5. The first-order valence-corrected chi connectivity index (χ1v) is 9.19. The summed E-state index contributed by atoms with van der Waals surface area (Å²) in [5, 5.41) is 13.8. The number of nitrogens with zero attached hydrogens (tertiary/aromatic N) is 2. The topological polar surface area (TPSA) is 55.6 Å². The van der Waals surface area contributed by atoms with Crippen molar-refractivity contribution in [3.63, 3.8) is 0 Å². The molecule has 4 rings (SSSR count). The quantitative estimate of drug-likeness (QED) is 0.305. The van der Waals surface area contributed by atoms with Crippen LogP contribution in [-0.2, 0) is 4.84 Å². The third kappa shape index (κ3) is 3.46. The molecule has 0 aromatic heterocycles. The Kier molecular flexibility index (Phi) is 5.04. The highest BCUT2D eigenvalue weighted by Gasteiger charge is 2.73. The van der Waals surface area contributed by atoms with Gasteiger partial charge in [-0.05, 0) is 28.5 Å². The summed E-state index contributed by atoms with van der Waals surface area (Å²) in [6, 6.07) is 15.0. The number of alkyl halides is 5. The second-order valence-electron chi connectivity index (χ2n) is 7.10. The lowest BCUT2D eigenvalue weighted by Gasteiger charge is -2.26. The highest BCUT2D eigenvalue weighted by atomic mass is 19.4. The van der Waals surface area contributed by atoms with Crippen molar-refractivity contribution >= 4 is 16.5 Å². The second-order valence-corrected chi connectivity index (χ2v) is 7.10. The van der Waals surface area contributed by atoms with E-state index in [4.69, 9.17) is 4.84 Å². The van der Waals surface area contributed by atoms with E-state index in [9.17, 15) is 32.1 Å². The molecule has 3 atom stereocenters. The summed E-state index contributed by atoms with van der Waals surface area (Å²) in [6.07, 6.45) is -9.08. The van der Waals surface area contributed by atoms with E-state index < -0.39 is 35.2 Å². The molecule has 0 bridgehead atoms. The first-order valence-electron chi connectivity index (χ1n) is 9.19. The summed E-state index contributed by atoms with van der Waals surface area (Å²) in [7, 11) is 0. The van der Waals surface area contributed by atoms with E-state index in [2.05, 4.69) is 0 Å². The number of hydrogen-bond donors (Lipinski definition) is 0. The molecule has 0 saturated carbocycles. The summed E-state index contributed by atoms with van der Waals surface area (Å²) >= 11 is 0. The van der Waals surface area contributed by atoms with E-state index in [-0.39, 0.29) is 11.3 Å². The first-order chi connectivity index (χ1) is 14.6. The van der Waals surface area contributed by atoms with Crippen molar-refractivity contribution in [3.05, 3.63) is 88.5 Å². The van der Waals surface area contributed by atoms with E-state index in [1.165, 1.54) is 30.3 Å². The second kappa shape index (κ2) is 7.45.